The van der Waals surface area contributed by atoms with Crippen molar-refractivity contribution in [3.63, 3.8) is 0 Å². The standard InChI is InChI=1S/C16H25N3O4S/c1-4-5-8-17-15(20)10-18-16(21)11-19-24(22,23)14-7-6-12(2)13(3)9-14/h6-7,9,19H,4-5,8,10-11H2,1-3H3,(H,17,20)(H,18,21). The molecule has 0 aliphatic carbocycles. The van der Waals surface area contributed by atoms with Crippen molar-refractivity contribution in [2.45, 2.75) is 38.5 Å². The molecule has 0 unspecified atom stereocenters. The molecule has 0 aliphatic heterocycles. The Labute approximate surface area is 143 Å². The predicted octanol–water partition coefficient (Wildman–Crippen LogP) is 0.614. The highest BCUT2D eigenvalue weighted by molar-refractivity contribution is 7.89. The van der Waals surface area contributed by atoms with E-state index in [1.54, 1.807) is 12.1 Å². The number of unbranched alkanes of at least 4 members (excludes halogenated alkanes) is 1. The number of aryl methyl sites for hydroxylation is 2. The molecule has 1 aromatic rings. The monoisotopic (exact) mass is 355 g/mol. The van der Waals surface area contributed by atoms with Crippen LogP contribution in [0.4, 0.5) is 0 Å². The minimum atomic E-state index is -3.76. The minimum absolute atomic E-state index is 0.107. The molecule has 1 rings (SSSR count). The second kappa shape index (κ2) is 9.39. The van der Waals surface area contributed by atoms with Crippen LogP contribution in [0.1, 0.15) is 30.9 Å². The van der Waals surface area contributed by atoms with Crippen molar-refractivity contribution in [3.05, 3.63) is 29.3 Å². The molecule has 0 saturated carbocycles. The van der Waals surface area contributed by atoms with Gasteiger partial charge in [0.05, 0.1) is 18.0 Å². The van der Waals surface area contributed by atoms with Crippen LogP contribution in [0.25, 0.3) is 0 Å². The molecule has 0 atom stereocenters. The summed E-state index contributed by atoms with van der Waals surface area (Å²) >= 11 is 0. The van der Waals surface area contributed by atoms with Crippen LogP contribution < -0.4 is 15.4 Å². The van der Waals surface area contributed by atoms with Crippen LogP contribution in [-0.2, 0) is 19.6 Å². The topological polar surface area (TPSA) is 104 Å². The molecule has 0 spiro atoms. The van der Waals surface area contributed by atoms with Crippen molar-refractivity contribution < 1.29 is 18.0 Å². The highest BCUT2D eigenvalue weighted by atomic mass is 32.2. The van der Waals surface area contributed by atoms with Gasteiger partial charge < -0.3 is 10.6 Å². The maximum absolute atomic E-state index is 12.1. The van der Waals surface area contributed by atoms with Gasteiger partial charge in [-0.15, -0.1) is 0 Å². The first-order valence-electron chi connectivity index (χ1n) is 7.86. The van der Waals surface area contributed by atoms with E-state index in [-0.39, 0.29) is 17.3 Å². The minimum Gasteiger partial charge on any atom is -0.355 e. The summed E-state index contributed by atoms with van der Waals surface area (Å²) in [7, 11) is -3.76. The summed E-state index contributed by atoms with van der Waals surface area (Å²) in [6, 6.07) is 4.76. The Bertz CT molecular complexity index is 687. The number of amides is 2. The lowest BCUT2D eigenvalue weighted by atomic mass is 10.1. The summed E-state index contributed by atoms with van der Waals surface area (Å²) in [5.41, 5.74) is 1.84. The van der Waals surface area contributed by atoms with Crippen molar-refractivity contribution in [1.29, 1.82) is 0 Å². The van der Waals surface area contributed by atoms with E-state index < -0.39 is 22.5 Å². The average Bonchev–Trinajstić information content (AvgIpc) is 2.53. The lowest BCUT2D eigenvalue weighted by Crippen LogP contribution is -2.42. The van der Waals surface area contributed by atoms with Gasteiger partial charge in [-0.25, -0.2) is 13.1 Å². The van der Waals surface area contributed by atoms with E-state index in [0.29, 0.717) is 6.54 Å². The third kappa shape index (κ3) is 6.67. The third-order valence-electron chi connectivity index (χ3n) is 3.51. The van der Waals surface area contributed by atoms with Gasteiger partial charge in [0.2, 0.25) is 21.8 Å². The SMILES string of the molecule is CCCCNC(=O)CNC(=O)CNS(=O)(=O)c1ccc(C)c(C)c1. The van der Waals surface area contributed by atoms with Crippen LogP contribution in [0.3, 0.4) is 0 Å². The number of hydrogen-bond acceptors (Lipinski definition) is 4. The fourth-order valence-corrected chi connectivity index (χ4v) is 2.90. The number of nitrogens with one attached hydrogen (secondary N) is 3. The molecule has 3 N–H and O–H groups in total. The molecule has 0 fully saturated rings. The van der Waals surface area contributed by atoms with Crippen LogP contribution in [0.15, 0.2) is 23.1 Å². The summed E-state index contributed by atoms with van der Waals surface area (Å²) in [6.07, 6.45) is 1.84. The summed E-state index contributed by atoms with van der Waals surface area (Å²) in [4.78, 5) is 23.2. The number of hydrogen-bond donors (Lipinski definition) is 3. The van der Waals surface area contributed by atoms with E-state index in [9.17, 15) is 18.0 Å². The first-order valence-corrected chi connectivity index (χ1v) is 9.35. The number of carbonyl (C=O) groups excluding carboxylic acids is 2. The van der Waals surface area contributed by atoms with Crippen LogP contribution in [-0.4, -0.2) is 39.9 Å². The Kier molecular flexibility index (Phi) is 7.87. The maximum Gasteiger partial charge on any atom is 0.241 e. The lowest BCUT2D eigenvalue weighted by molar-refractivity contribution is -0.125. The molecular weight excluding hydrogens is 330 g/mol. The summed E-state index contributed by atoms with van der Waals surface area (Å²) in [5.74, 6) is -0.859. The van der Waals surface area contributed by atoms with Crippen LogP contribution in [0.5, 0.6) is 0 Å². The van der Waals surface area contributed by atoms with Gasteiger partial charge in [-0.1, -0.05) is 19.4 Å². The van der Waals surface area contributed by atoms with Gasteiger partial charge >= 0.3 is 0 Å². The van der Waals surface area contributed by atoms with Gasteiger partial charge in [0.25, 0.3) is 0 Å². The Morgan fingerprint density at radius 2 is 1.67 bits per heavy atom. The summed E-state index contributed by atoms with van der Waals surface area (Å²) < 4.78 is 26.5. The molecule has 1 aromatic carbocycles. The van der Waals surface area contributed by atoms with E-state index in [4.69, 9.17) is 0 Å². The highest BCUT2D eigenvalue weighted by Gasteiger charge is 2.16. The van der Waals surface area contributed by atoms with E-state index in [1.165, 1.54) is 6.07 Å². The molecule has 0 bridgehead atoms. The fraction of sp³-hybridized carbons (Fsp3) is 0.500. The zero-order valence-corrected chi connectivity index (χ0v) is 15.1. The second-order valence-electron chi connectivity index (χ2n) is 5.55. The van der Waals surface area contributed by atoms with Crippen molar-refractivity contribution >= 4 is 21.8 Å². The van der Waals surface area contributed by atoms with Gasteiger partial charge in [-0.3, -0.25) is 9.59 Å². The Morgan fingerprint density at radius 1 is 1.00 bits per heavy atom. The van der Waals surface area contributed by atoms with Crippen LogP contribution in [0, 0.1) is 13.8 Å². The molecule has 0 heterocycles. The number of benzene rings is 1. The van der Waals surface area contributed by atoms with Gasteiger partial charge in [0, 0.05) is 6.54 Å². The van der Waals surface area contributed by atoms with Crippen molar-refractivity contribution in [2.24, 2.45) is 0 Å². The zero-order valence-electron chi connectivity index (χ0n) is 14.3. The van der Waals surface area contributed by atoms with Crippen molar-refractivity contribution in [3.8, 4) is 0 Å². The Balaban J connectivity index is 2.45. The van der Waals surface area contributed by atoms with Crippen molar-refractivity contribution in [1.82, 2.24) is 15.4 Å². The van der Waals surface area contributed by atoms with Gasteiger partial charge in [-0.05, 0) is 43.5 Å². The average molecular weight is 355 g/mol. The Hall–Kier alpha value is -1.93. The van der Waals surface area contributed by atoms with Gasteiger partial charge in [0.1, 0.15) is 0 Å². The molecule has 2 amide bonds. The van der Waals surface area contributed by atoms with E-state index in [1.807, 2.05) is 20.8 Å². The van der Waals surface area contributed by atoms with Crippen LogP contribution in [0.2, 0.25) is 0 Å². The first kappa shape index (κ1) is 20.1. The lowest BCUT2D eigenvalue weighted by Gasteiger charge is -2.09. The second-order valence-corrected chi connectivity index (χ2v) is 7.32. The van der Waals surface area contributed by atoms with Crippen LogP contribution >= 0.6 is 0 Å². The molecule has 0 aromatic heterocycles. The molecule has 0 saturated heterocycles. The van der Waals surface area contributed by atoms with Crippen molar-refractivity contribution in [2.75, 3.05) is 19.6 Å². The highest BCUT2D eigenvalue weighted by Crippen LogP contribution is 2.14. The smallest absolute Gasteiger partial charge is 0.241 e. The third-order valence-corrected chi connectivity index (χ3v) is 4.91. The molecule has 134 valence electrons. The fourth-order valence-electron chi connectivity index (χ4n) is 1.83. The number of carbonyl (C=O) groups is 2. The van der Waals surface area contributed by atoms with E-state index >= 15 is 0 Å². The first-order chi connectivity index (χ1) is 11.3. The number of rotatable bonds is 9. The molecule has 0 radical (unpaired) electrons. The molecule has 24 heavy (non-hydrogen) atoms. The summed E-state index contributed by atoms with van der Waals surface area (Å²) in [5, 5.41) is 5.03. The largest absolute Gasteiger partial charge is 0.355 e. The van der Waals surface area contributed by atoms with E-state index in [2.05, 4.69) is 15.4 Å². The van der Waals surface area contributed by atoms with E-state index in [0.717, 1.165) is 24.0 Å². The molecular formula is C16H25N3O4S. The summed E-state index contributed by atoms with van der Waals surface area (Å²) in [6.45, 7) is 5.68. The number of sulfonamides is 1. The quantitative estimate of drug-likeness (QED) is 0.565. The predicted molar refractivity (Wildman–Crippen MR) is 92.0 cm³/mol. The zero-order chi connectivity index (χ0) is 18.2. The molecule has 8 heteroatoms. The maximum atomic E-state index is 12.1. The molecule has 7 nitrogen and oxygen atoms in total. The Morgan fingerprint density at radius 3 is 2.29 bits per heavy atom. The normalized spacial score (nSPS) is 11.1. The van der Waals surface area contributed by atoms with Gasteiger partial charge in [0.15, 0.2) is 0 Å². The molecule has 0 aliphatic rings. The van der Waals surface area contributed by atoms with Gasteiger partial charge in [-0.2, -0.15) is 0 Å².